The Morgan fingerprint density at radius 3 is 2.55 bits per heavy atom. The molecule has 0 fully saturated rings. The molecule has 0 spiro atoms. The van der Waals surface area contributed by atoms with Crippen LogP contribution < -0.4 is 11.1 Å². The molecule has 0 bridgehead atoms. The van der Waals surface area contributed by atoms with Crippen LogP contribution in [0, 0.1) is 0 Å². The fraction of sp³-hybridized carbons (Fsp3) is 0.267. The standard InChI is InChI=1S/C15H18N4O/c1-15(2,11-5-7-12(16)8-6-11)14(20)17-10-13-4-3-9-18-19-13/h3-9H,10,16H2,1-2H3,(H,17,20). The lowest BCUT2D eigenvalue weighted by Gasteiger charge is -2.24. The topological polar surface area (TPSA) is 80.9 Å². The number of nitrogen functional groups attached to an aromatic ring is 1. The van der Waals surface area contributed by atoms with Gasteiger partial charge in [0.2, 0.25) is 5.91 Å². The summed E-state index contributed by atoms with van der Waals surface area (Å²) in [6, 6.07) is 11.0. The van der Waals surface area contributed by atoms with Gasteiger partial charge in [-0.3, -0.25) is 4.79 Å². The Balaban J connectivity index is 2.05. The molecule has 5 heteroatoms. The third-order valence-electron chi connectivity index (χ3n) is 3.26. The highest BCUT2D eigenvalue weighted by Crippen LogP contribution is 2.24. The fourth-order valence-corrected chi connectivity index (χ4v) is 1.85. The van der Waals surface area contributed by atoms with Crippen LogP contribution in [0.15, 0.2) is 42.6 Å². The molecule has 0 unspecified atom stereocenters. The number of carbonyl (C=O) groups excluding carboxylic acids is 1. The molecular formula is C15H18N4O. The van der Waals surface area contributed by atoms with Crippen LogP contribution in [0.3, 0.4) is 0 Å². The van der Waals surface area contributed by atoms with Crippen molar-refractivity contribution < 1.29 is 4.79 Å². The van der Waals surface area contributed by atoms with Crippen molar-refractivity contribution in [2.24, 2.45) is 0 Å². The Hall–Kier alpha value is -2.43. The highest BCUT2D eigenvalue weighted by Gasteiger charge is 2.29. The molecule has 1 aromatic carbocycles. The molecule has 0 atom stereocenters. The maximum Gasteiger partial charge on any atom is 0.230 e. The molecule has 1 amide bonds. The molecule has 0 saturated carbocycles. The van der Waals surface area contributed by atoms with E-state index in [4.69, 9.17) is 5.73 Å². The van der Waals surface area contributed by atoms with E-state index in [1.807, 2.05) is 32.0 Å². The highest BCUT2D eigenvalue weighted by molar-refractivity contribution is 5.87. The Kier molecular flexibility index (Phi) is 3.98. The molecule has 20 heavy (non-hydrogen) atoms. The maximum atomic E-state index is 12.3. The van der Waals surface area contributed by atoms with Gasteiger partial charge in [-0.05, 0) is 43.7 Å². The SMILES string of the molecule is CC(C)(C(=O)NCc1cccnn1)c1ccc(N)cc1. The summed E-state index contributed by atoms with van der Waals surface area (Å²) in [5.41, 5.74) is 7.37. The van der Waals surface area contributed by atoms with Crippen molar-refractivity contribution in [3.63, 3.8) is 0 Å². The number of amides is 1. The van der Waals surface area contributed by atoms with E-state index < -0.39 is 5.41 Å². The first-order chi connectivity index (χ1) is 9.50. The van der Waals surface area contributed by atoms with Crippen LogP contribution in [0.2, 0.25) is 0 Å². The summed E-state index contributed by atoms with van der Waals surface area (Å²) in [6.07, 6.45) is 1.60. The van der Waals surface area contributed by atoms with Gasteiger partial charge in [-0.15, -0.1) is 0 Å². The van der Waals surface area contributed by atoms with E-state index >= 15 is 0 Å². The van der Waals surface area contributed by atoms with Crippen LogP contribution in [-0.2, 0) is 16.8 Å². The fourth-order valence-electron chi connectivity index (χ4n) is 1.85. The van der Waals surface area contributed by atoms with E-state index in [-0.39, 0.29) is 5.91 Å². The third kappa shape index (κ3) is 3.12. The Labute approximate surface area is 118 Å². The average molecular weight is 270 g/mol. The van der Waals surface area contributed by atoms with Gasteiger partial charge in [0.1, 0.15) is 0 Å². The second kappa shape index (κ2) is 5.69. The molecule has 5 nitrogen and oxygen atoms in total. The number of hydrogen-bond acceptors (Lipinski definition) is 4. The minimum Gasteiger partial charge on any atom is -0.399 e. The molecule has 2 aromatic rings. The van der Waals surface area contributed by atoms with Crippen molar-refractivity contribution in [2.45, 2.75) is 25.8 Å². The Morgan fingerprint density at radius 1 is 1.25 bits per heavy atom. The number of hydrogen-bond donors (Lipinski definition) is 2. The monoisotopic (exact) mass is 270 g/mol. The number of aromatic nitrogens is 2. The Bertz CT molecular complexity index is 579. The van der Waals surface area contributed by atoms with Gasteiger partial charge in [0, 0.05) is 11.9 Å². The average Bonchev–Trinajstić information content (AvgIpc) is 2.46. The van der Waals surface area contributed by atoms with Crippen molar-refractivity contribution in [2.75, 3.05) is 5.73 Å². The first-order valence-electron chi connectivity index (χ1n) is 6.41. The lowest BCUT2D eigenvalue weighted by Crippen LogP contribution is -2.39. The van der Waals surface area contributed by atoms with Crippen LogP contribution in [0.4, 0.5) is 5.69 Å². The summed E-state index contributed by atoms with van der Waals surface area (Å²) >= 11 is 0. The number of nitrogens with zero attached hydrogens (tertiary/aromatic N) is 2. The number of rotatable bonds is 4. The highest BCUT2D eigenvalue weighted by atomic mass is 16.2. The number of benzene rings is 1. The molecule has 0 saturated heterocycles. The summed E-state index contributed by atoms with van der Waals surface area (Å²) in [5.74, 6) is -0.0621. The van der Waals surface area contributed by atoms with E-state index in [1.54, 1.807) is 24.4 Å². The molecule has 2 rings (SSSR count). The van der Waals surface area contributed by atoms with Gasteiger partial charge in [0.25, 0.3) is 0 Å². The van der Waals surface area contributed by atoms with Crippen molar-refractivity contribution in [1.82, 2.24) is 15.5 Å². The smallest absolute Gasteiger partial charge is 0.230 e. The van der Waals surface area contributed by atoms with Gasteiger partial charge in [-0.25, -0.2) is 0 Å². The summed E-state index contributed by atoms with van der Waals surface area (Å²) in [7, 11) is 0. The van der Waals surface area contributed by atoms with Gasteiger partial charge in [0.15, 0.2) is 0 Å². The van der Waals surface area contributed by atoms with Gasteiger partial charge < -0.3 is 11.1 Å². The predicted octanol–water partition coefficient (Wildman–Crippen LogP) is 1.65. The third-order valence-corrected chi connectivity index (χ3v) is 3.26. The van der Waals surface area contributed by atoms with E-state index in [2.05, 4.69) is 15.5 Å². The van der Waals surface area contributed by atoms with E-state index in [1.165, 1.54) is 0 Å². The number of carbonyl (C=O) groups is 1. The molecule has 0 radical (unpaired) electrons. The van der Waals surface area contributed by atoms with Gasteiger partial charge in [-0.1, -0.05) is 12.1 Å². The van der Waals surface area contributed by atoms with Crippen molar-refractivity contribution in [3.05, 3.63) is 53.9 Å². The molecule has 3 N–H and O–H groups in total. The zero-order valence-electron chi connectivity index (χ0n) is 11.6. The summed E-state index contributed by atoms with van der Waals surface area (Å²) in [6.45, 7) is 4.13. The van der Waals surface area contributed by atoms with Gasteiger partial charge >= 0.3 is 0 Å². The van der Waals surface area contributed by atoms with Crippen molar-refractivity contribution in [3.8, 4) is 0 Å². The van der Waals surface area contributed by atoms with Gasteiger partial charge in [0.05, 0.1) is 17.7 Å². The normalized spacial score (nSPS) is 11.1. The van der Waals surface area contributed by atoms with Crippen LogP contribution in [0.5, 0.6) is 0 Å². The van der Waals surface area contributed by atoms with Crippen LogP contribution in [0.1, 0.15) is 25.1 Å². The van der Waals surface area contributed by atoms with E-state index in [9.17, 15) is 4.79 Å². The van der Waals surface area contributed by atoms with Crippen molar-refractivity contribution in [1.29, 1.82) is 0 Å². The van der Waals surface area contributed by atoms with E-state index in [0.717, 1.165) is 11.3 Å². The molecule has 1 aromatic heterocycles. The quantitative estimate of drug-likeness (QED) is 0.828. The summed E-state index contributed by atoms with van der Waals surface area (Å²) < 4.78 is 0. The molecular weight excluding hydrogens is 252 g/mol. The Morgan fingerprint density at radius 2 is 1.95 bits per heavy atom. The zero-order valence-corrected chi connectivity index (χ0v) is 11.6. The second-order valence-electron chi connectivity index (χ2n) is 5.14. The minimum atomic E-state index is -0.629. The number of nitrogens with two attached hydrogens (primary N) is 1. The van der Waals surface area contributed by atoms with Crippen LogP contribution >= 0.6 is 0 Å². The molecule has 0 aliphatic rings. The first-order valence-corrected chi connectivity index (χ1v) is 6.41. The van der Waals surface area contributed by atoms with E-state index in [0.29, 0.717) is 12.2 Å². The molecule has 0 aliphatic carbocycles. The molecule has 104 valence electrons. The largest absolute Gasteiger partial charge is 0.399 e. The summed E-state index contributed by atoms with van der Waals surface area (Å²) in [4.78, 5) is 12.3. The first kappa shape index (κ1) is 14.0. The van der Waals surface area contributed by atoms with Crippen LogP contribution in [0.25, 0.3) is 0 Å². The predicted molar refractivity (Wildman–Crippen MR) is 77.8 cm³/mol. The van der Waals surface area contributed by atoms with Crippen LogP contribution in [-0.4, -0.2) is 16.1 Å². The number of nitrogens with one attached hydrogen (secondary N) is 1. The lowest BCUT2D eigenvalue weighted by atomic mass is 9.83. The summed E-state index contributed by atoms with van der Waals surface area (Å²) in [5, 5.41) is 10.6. The molecule has 0 aliphatic heterocycles. The maximum absolute atomic E-state index is 12.3. The minimum absolute atomic E-state index is 0.0621. The zero-order chi connectivity index (χ0) is 14.6. The number of anilines is 1. The lowest BCUT2D eigenvalue weighted by molar-refractivity contribution is -0.125. The molecule has 1 heterocycles. The van der Waals surface area contributed by atoms with Gasteiger partial charge in [-0.2, -0.15) is 10.2 Å². The second-order valence-corrected chi connectivity index (χ2v) is 5.14. The van der Waals surface area contributed by atoms with Crippen molar-refractivity contribution >= 4 is 11.6 Å².